The van der Waals surface area contributed by atoms with Crippen molar-refractivity contribution in [2.45, 2.75) is 18.9 Å². The Balaban J connectivity index is 1.59. The SMILES string of the molecule is O=C(NC1CC1)c1ccnn1-c1ccc2ccc(-c3ccccc3)cn12. The normalized spacial score (nSPS) is 13.8. The van der Waals surface area contributed by atoms with Crippen molar-refractivity contribution in [3.8, 4) is 16.9 Å². The third-order valence-corrected chi connectivity index (χ3v) is 4.74. The third kappa shape index (κ3) is 2.58. The Morgan fingerprint density at radius 3 is 2.58 bits per heavy atom. The van der Waals surface area contributed by atoms with Crippen LogP contribution in [-0.2, 0) is 0 Å². The van der Waals surface area contributed by atoms with Crippen LogP contribution in [0.2, 0.25) is 0 Å². The summed E-state index contributed by atoms with van der Waals surface area (Å²) in [4.78, 5) is 12.5. The molecule has 5 heteroatoms. The molecule has 1 fully saturated rings. The highest BCUT2D eigenvalue weighted by Gasteiger charge is 2.25. The number of nitrogens with one attached hydrogen (secondary N) is 1. The van der Waals surface area contributed by atoms with E-state index in [4.69, 9.17) is 0 Å². The van der Waals surface area contributed by atoms with Gasteiger partial charge in [0.15, 0.2) is 0 Å². The minimum Gasteiger partial charge on any atom is -0.348 e. The minimum atomic E-state index is -0.0702. The Kier molecular flexibility index (Phi) is 3.38. The van der Waals surface area contributed by atoms with E-state index in [0.29, 0.717) is 11.7 Å². The van der Waals surface area contributed by atoms with Gasteiger partial charge in [-0.1, -0.05) is 36.4 Å². The molecule has 0 spiro atoms. The zero-order chi connectivity index (χ0) is 17.5. The van der Waals surface area contributed by atoms with Crippen LogP contribution in [0.5, 0.6) is 0 Å². The summed E-state index contributed by atoms with van der Waals surface area (Å²) in [6.07, 6.45) is 5.88. The molecule has 0 radical (unpaired) electrons. The molecule has 1 aromatic carbocycles. The van der Waals surface area contributed by atoms with Crippen LogP contribution in [0, 0.1) is 0 Å². The van der Waals surface area contributed by atoms with Gasteiger partial charge >= 0.3 is 0 Å². The highest BCUT2D eigenvalue weighted by molar-refractivity contribution is 5.93. The number of hydrogen-bond donors (Lipinski definition) is 1. The lowest BCUT2D eigenvalue weighted by molar-refractivity contribution is 0.0943. The van der Waals surface area contributed by atoms with Gasteiger partial charge in [-0.2, -0.15) is 5.10 Å². The third-order valence-electron chi connectivity index (χ3n) is 4.74. The van der Waals surface area contributed by atoms with E-state index in [0.717, 1.165) is 35.3 Å². The maximum Gasteiger partial charge on any atom is 0.270 e. The van der Waals surface area contributed by atoms with Gasteiger partial charge in [0, 0.05) is 17.8 Å². The van der Waals surface area contributed by atoms with Crippen molar-refractivity contribution in [2.75, 3.05) is 0 Å². The van der Waals surface area contributed by atoms with Crippen LogP contribution in [0.25, 0.3) is 22.5 Å². The highest BCUT2D eigenvalue weighted by Crippen LogP contribution is 2.24. The molecule has 26 heavy (non-hydrogen) atoms. The second-order valence-corrected chi connectivity index (χ2v) is 6.65. The lowest BCUT2D eigenvalue weighted by Gasteiger charge is -2.10. The fraction of sp³-hybridized carbons (Fsp3) is 0.143. The summed E-state index contributed by atoms with van der Waals surface area (Å²) >= 11 is 0. The molecule has 3 aromatic heterocycles. The van der Waals surface area contributed by atoms with E-state index in [1.54, 1.807) is 16.9 Å². The van der Waals surface area contributed by atoms with Crippen LogP contribution in [0.15, 0.2) is 73.1 Å². The molecule has 0 aliphatic heterocycles. The molecule has 0 atom stereocenters. The molecule has 3 heterocycles. The van der Waals surface area contributed by atoms with Crippen molar-refractivity contribution < 1.29 is 4.79 Å². The Hall–Kier alpha value is -3.34. The van der Waals surface area contributed by atoms with Crippen molar-refractivity contribution in [1.29, 1.82) is 0 Å². The maximum absolute atomic E-state index is 12.5. The number of hydrogen-bond acceptors (Lipinski definition) is 2. The Morgan fingerprint density at radius 2 is 1.77 bits per heavy atom. The predicted molar refractivity (Wildman–Crippen MR) is 100 cm³/mol. The van der Waals surface area contributed by atoms with Crippen LogP contribution in [-0.4, -0.2) is 26.1 Å². The zero-order valence-corrected chi connectivity index (χ0v) is 14.2. The first-order valence-corrected chi connectivity index (χ1v) is 8.81. The molecule has 5 nitrogen and oxygen atoms in total. The van der Waals surface area contributed by atoms with Crippen molar-refractivity contribution in [2.24, 2.45) is 0 Å². The topological polar surface area (TPSA) is 51.3 Å². The van der Waals surface area contributed by atoms with Gasteiger partial charge in [-0.25, -0.2) is 4.68 Å². The molecule has 5 rings (SSSR count). The molecule has 0 unspecified atom stereocenters. The van der Waals surface area contributed by atoms with E-state index >= 15 is 0 Å². The average Bonchev–Trinajstić information content (AvgIpc) is 3.20. The molecule has 0 saturated heterocycles. The highest BCUT2D eigenvalue weighted by atomic mass is 16.2. The van der Waals surface area contributed by atoms with E-state index in [1.165, 1.54) is 0 Å². The number of aromatic nitrogens is 3. The molecule has 1 amide bonds. The number of amides is 1. The van der Waals surface area contributed by atoms with Crippen molar-refractivity contribution in [3.63, 3.8) is 0 Å². The smallest absolute Gasteiger partial charge is 0.270 e. The molecule has 0 bridgehead atoms. The van der Waals surface area contributed by atoms with Crippen molar-refractivity contribution >= 4 is 11.4 Å². The van der Waals surface area contributed by atoms with Gasteiger partial charge in [0.1, 0.15) is 11.5 Å². The number of fused-ring (bicyclic) bond motifs is 1. The van der Waals surface area contributed by atoms with Gasteiger partial charge in [-0.3, -0.25) is 4.79 Å². The lowest BCUT2D eigenvalue weighted by Crippen LogP contribution is -2.27. The van der Waals surface area contributed by atoms with Crippen LogP contribution in [0.4, 0.5) is 0 Å². The lowest BCUT2D eigenvalue weighted by atomic mass is 10.1. The fourth-order valence-electron chi connectivity index (χ4n) is 3.21. The van der Waals surface area contributed by atoms with Gasteiger partial charge in [-0.05, 0) is 48.2 Å². The number of rotatable bonds is 4. The molecular weight excluding hydrogens is 324 g/mol. The Labute approximate surface area is 150 Å². The summed E-state index contributed by atoms with van der Waals surface area (Å²) in [6.45, 7) is 0. The van der Waals surface area contributed by atoms with Gasteiger partial charge in [0.05, 0.1) is 6.20 Å². The van der Waals surface area contributed by atoms with E-state index in [9.17, 15) is 4.79 Å². The molecular formula is C21H18N4O. The van der Waals surface area contributed by atoms with E-state index in [2.05, 4.69) is 45.3 Å². The quantitative estimate of drug-likeness (QED) is 0.615. The van der Waals surface area contributed by atoms with Crippen LogP contribution < -0.4 is 5.32 Å². The van der Waals surface area contributed by atoms with Crippen LogP contribution in [0.1, 0.15) is 23.3 Å². The second kappa shape index (κ2) is 5.88. The summed E-state index contributed by atoms with van der Waals surface area (Å²) in [6, 6.07) is 20.6. The minimum absolute atomic E-state index is 0.0702. The molecule has 4 aromatic rings. The monoisotopic (exact) mass is 342 g/mol. The number of benzene rings is 1. The number of carbonyl (C=O) groups excluding carboxylic acids is 1. The average molecular weight is 342 g/mol. The number of nitrogens with zero attached hydrogens (tertiary/aromatic N) is 3. The standard InChI is InChI=1S/C21H18N4O/c26-21(23-17-7-8-17)19-12-13-22-25(19)20-11-10-18-9-6-16(14-24(18)20)15-4-2-1-3-5-15/h1-6,9-14,17H,7-8H2,(H,23,26). The molecule has 1 saturated carbocycles. The van der Waals surface area contributed by atoms with Crippen molar-refractivity contribution in [1.82, 2.24) is 19.5 Å². The van der Waals surface area contributed by atoms with E-state index < -0.39 is 0 Å². The van der Waals surface area contributed by atoms with Gasteiger partial charge < -0.3 is 9.72 Å². The molecule has 1 N–H and O–H groups in total. The summed E-state index contributed by atoms with van der Waals surface area (Å²) in [5.41, 5.74) is 3.89. The maximum atomic E-state index is 12.5. The molecule has 128 valence electrons. The zero-order valence-electron chi connectivity index (χ0n) is 14.2. The predicted octanol–water partition coefficient (Wildman–Crippen LogP) is 3.68. The summed E-state index contributed by atoms with van der Waals surface area (Å²) in [7, 11) is 0. The largest absolute Gasteiger partial charge is 0.348 e. The fourth-order valence-corrected chi connectivity index (χ4v) is 3.21. The van der Waals surface area contributed by atoms with Crippen LogP contribution in [0.3, 0.4) is 0 Å². The van der Waals surface area contributed by atoms with Gasteiger partial charge in [0.25, 0.3) is 5.91 Å². The Bertz CT molecular complexity index is 1090. The Morgan fingerprint density at radius 1 is 0.962 bits per heavy atom. The number of pyridine rings is 1. The first-order valence-electron chi connectivity index (χ1n) is 8.81. The summed E-state index contributed by atoms with van der Waals surface area (Å²) < 4.78 is 3.78. The second-order valence-electron chi connectivity index (χ2n) is 6.65. The van der Waals surface area contributed by atoms with E-state index in [1.807, 2.05) is 30.3 Å². The van der Waals surface area contributed by atoms with Gasteiger partial charge in [-0.15, -0.1) is 0 Å². The molecule has 1 aliphatic carbocycles. The number of carbonyl (C=O) groups is 1. The summed E-state index contributed by atoms with van der Waals surface area (Å²) in [5, 5.41) is 7.43. The first-order chi connectivity index (χ1) is 12.8. The molecule has 1 aliphatic rings. The summed E-state index contributed by atoms with van der Waals surface area (Å²) in [5.74, 6) is 0.780. The van der Waals surface area contributed by atoms with E-state index in [-0.39, 0.29) is 5.91 Å². The first kappa shape index (κ1) is 15.0. The van der Waals surface area contributed by atoms with Crippen molar-refractivity contribution in [3.05, 3.63) is 78.8 Å². The van der Waals surface area contributed by atoms with Gasteiger partial charge in [0.2, 0.25) is 0 Å². The van der Waals surface area contributed by atoms with Crippen LogP contribution >= 0.6 is 0 Å².